The van der Waals surface area contributed by atoms with E-state index in [0.717, 1.165) is 34.8 Å². The van der Waals surface area contributed by atoms with Gasteiger partial charge >= 0.3 is 0 Å². The van der Waals surface area contributed by atoms with Gasteiger partial charge in [-0.3, -0.25) is 0 Å². The number of fused-ring (bicyclic) bond motifs is 1. The van der Waals surface area contributed by atoms with Gasteiger partial charge < -0.3 is 15.6 Å². The molecule has 0 saturated carbocycles. The molecule has 0 bridgehead atoms. The molecule has 0 aliphatic carbocycles. The molecular formula is C21H21N5. The van der Waals surface area contributed by atoms with Crippen LogP contribution in [-0.2, 0) is 6.42 Å². The van der Waals surface area contributed by atoms with E-state index in [4.69, 9.17) is 0 Å². The highest BCUT2D eigenvalue weighted by Crippen LogP contribution is 2.23. The maximum atomic E-state index is 4.56. The number of aromatic nitrogens is 3. The summed E-state index contributed by atoms with van der Waals surface area (Å²) in [6.07, 6.45) is 2.75. The predicted octanol–water partition coefficient (Wildman–Crippen LogP) is 5.32. The molecule has 2 heterocycles. The average Bonchev–Trinajstić information content (AvgIpc) is 3.01. The van der Waals surface area contributed by atoms with Crippen LogP contribution in [0.15, 0.2) is 60.8 Å². The molecule has 0 atom stereocenters. The number of anilines is 4. The molecule has 0 spiro atoms. The standard InChI is InChI=1S/C21H21N5/c1-3-15-5-4-6-17(12-15)25-21-22-10-9-20(26-21)24-18-7-8-19-16(13-18)11-14(2)23-19/h4-13,23H,3H2,1-2H3,(H2,22,24,25,26). The minimum atomic E-state index is 0.571. The number of nitrogens with zero attached hydrogens (tertiary/aromatic N) is 2. The normalized spacial score (nSPS) is 10.8. The van der Waals surface area contributed by atoms with Crippen LogP contribution in [0.4, 0.5) is 23.1 Å². The van der Waals surface area contributed by atoms with Crippen molar-refractivity contribution in [2.75, 3.05) is 10.6 Å². The van der Waals surface area contributed by atoms with Gasteiger partial charge in [0, 0.05) is 34.2 Å². The van der Waals surface area contributed by atoms with E-state index in [2.05, 4.69) is 69.8 Å². The smallest absolute Gasteiger partial charge is 0.229 e. The third-order valence-corrected chi connectivity index (χ3v) is 4.27. The highest BCUT2D eigenvalue weighted by atomic mass is 15.1. The summed E-state index contributed by atoms with van der Waals surface area (Å²) >= 11 is 0. The molecule has 4 rings (SSSR count). The monoisotopic (exact) mass is 343 g/mol. The van der Waals surface area contributed by atoms with Crippen LogP contribution in [0.1, 0.15) is 18.2 Å². The molecule has 26 heavy (non-hydrogen) atoms. The van der Waals surface area contributed by atoms with Gasteiger partial charge in [-0.05, 0) is 61.4 Å². The van der Waals surface area contributed by atoms with E-state index in [1.807, 2.05) is 24.3 Å². The predicted molar refractivity (Wildman–Crippen MR) is 107 cm³/mol. The first-order chi connectivity index (χ1) is 12.7. The van der Waals surface area contributed by atoms with Crippen LogP contribution in [-0.4, -0.2) is 15.0 Å². The second-order valence-corrected chi connectivity index (χ2v) is 6.32. The maximum Gasteiger partial charge on any atom is 0.229 e. The van der Waals surface area contributed by atoms with E-state index < -0.39 is 0 Å². The molecule has 130 valence electrons. The van der Waals surface area contributed by atoms with Gasteiger partial charge in [-0.15, -0.1) is 0 Å². The fourth-order valence-electron chi connectivity index (χ4n) is 2.99. The van der Waals surface area contributed by atoms with Crippen LogP contribution < -0.4 is 10.6 Å². The number of hydrogen-bond acceptors (Lipinski definition) is 4. The molecule has 0 aliphatic heterocycles. The van der Waals surface area contributed by atoms with Crippen LogP contribution in [0, 0.1) is 6.92 Å². The van der Waals surface area contributed by atoms with Gasteiger partial charge in [0.2, 0.25) is 5.95 Å². The Balaban J connectivity index is 1.54. The third-order valence-electron chi connectivity index (χ3n) is 4.27. The van der Waals surface area contributed by atoms with Crippen LogP contribution >= 0.6 is 0 Å². The lowest BCUT2D eigenvalue weighted by molar-refractivity contribution is 1.13. The number of aromatic amines is 1. The Kier molecular flexibility index (Phi) is 4.27. The van der Waals surface area contributed by atoms with Gasteiger partial charge in [0.05, 0.1) is 0 Å². The van der Waals surface area contributed by atoms with Crippen molar-refractivity contribution in [1.29, 1.82) is 0 Å². The number of nitrogens with one attached hydrogen (secondary N) is 3. The van der Waals surface area contributed by atoms with Gasteiger partial charge in [-0.25, -0.2) is 4.98 Å². The van der Waals surface area contributed by atoms with Gasteiger partial charge in [0.1, 0.15) is 5.82 Å². The summed E-state index contributed by atoms with van der Waals surface area (Å²) < 4.78 is 0. The molecule has 0 fully saturated rings. The highest BCUT2D eigenvalue weighted by molar-refractivity contribution is 5.84. The zero-order chi connectivity index (χ0) is 17.9. The summed E-state index contributed by atoms with van der Waals surface area (Å²) in [5.74, 6) is 1.32. The molecule has 0 unspecified atom stereocenters. The molecule has 0 saturated heterocycles. The Morgan fingerprint density at radius 2 is 1.85 bits per heavy atom. The number of H-pyrrole nitrogens is 1. The zero-order valence-corrected chi connectivity index (χ0v) is 14.9. The molecule has 0 amide bonds. The summed E-state index contributed by atoms with van der Waals surface area (Å²) in [6.45, 7) is 4.20. The summed E-state index contributed by atoms with van der Waals surface area (Å²) in [5.41, 5.74) is 5.55. The first-order valence-electron chi connectivity index (χ1n) is 8.75. The minimum absolute atomic E-state index is 0.571. The molecule has 0 aliphatic rings. The van der Waals surface area contributed by atoms with Crippen LogP contribution in [0.2, 0.25) is 0 Å². The number of rotatable bonds is 5. The topological polar surface area (TPSA) is 65.6 Å². The molecule has 5 nitrogen and oxygen atoms in total. The lowest BCUT2D eigenvalue weighted by atomic mass is 10.1. The van der Waals surface area contributed by atoms with Crippen molar-refractivity contribution in [3.05, 3.63) is 72.1 Å². The van der Waals surface area contributed by atoms with Crippen molar-refractivity contribution in [1.82, 2.24) is 15.0 Å². The Morgan fingerprint density at radius 3 is 2.73 bits per heavy atom. The van der Waals surface area contributed by atoms with Crippen molar-refractivity contribution < 1.29 is 0 Å². The Bertz CT molecular complexity index is 1050. The van der Waals surface area contributed by atoms with Gasteiger partial charge in [0.25, 0.3) is 0 Å². The lowest BCUT2D eigenvalue weighted by Gasteiger charge is -2.09. The molecule has 2 aromatic heterocycles. The molecule has 2 aromatic carbocycles. The highest BCUT2D eigenvalue weighted by Gasteiger charge is 2.03. The van der Waals surface area contributed by atoms with E-state index >= 15 is 0 Å². The summed E-state index contributed by atoms with van der Waals surface area (Å²) in [5, 5.41) is 7.80. The molecular weight excluding hydrogens is 322 g/mol. The van der Waals surface area contributed by atoms with E-state index in [1.165, 1.54) is 10.9 Å². The summed E-state index contributed by atoms with van der Waals surface area (Å²) in [6, 6.07) is 18.5. The van der Waals surface area contributed by atoms with Crippen molar-refractivity contribution in [2.45, 2.75) is 20.3 Å². The fraction of sp³-hybridized carbons (Fsp3) is 0.143. The SMILES string of the molecule is CCc1cccc(Nc2nccc(Nc3ccc4[nH]c(C)cc4c3)n2)c1. The fourth-order valence-corrected chi connectivity index (χ4v) is 2.99. The Morgan fingerprint density at radius 1 is 0.962 bits per heavy atom. The van der Waals surface area contributed by atoms with E-state index in [-0.39, 0.29) is 0 Å². The molecule has 3 N–H and O–H groups in total. The molecule has 4 aromatic rings. The molecule has 0 radical (unpaired) electrons. The van der Waals surface area contributed by atoms with E-state index in [0.29, 0.717) is 5.95 Å². The summed E-state index contributed by atoms with van der Waals surface area (Å²) in [7, 11) is 0. The number of aryl methyl sites for hydroxylation is 2. The van der Waals surface area contributed by atoms with Crippen molar-refractivity contribution in [3.8, 4) is 0 Å². The third kappa shape index (κ3) is 3.52. The van der Waals surface area contributed by atoms with Crippen LogP contribution in [0.25, 0.3) is 10.9 Å². The van der Waals surface area contributed by atoms with Crippen LogP contribution in [0.5, 0.6) is 0 Å². The Hall–Kier alpha value is -3.34. The Labute approximate surface area is 152 Å². The van der Waals surface area contributed by atoms with E-state index in [9.17, 15) is 0 Å². The van der Waals surface area contributed by atoms with Gasteiger partial charge in [-0.1, -0.05) is 19.1 Å². The first-order valence-corrected chi connectivity index (χ1v) is 8.75. The number of benzene rings is 2. The maximum absolute atomic E-state index is 4.56. The minimum Gasteiger partial charge on any atom is -0.359 e. The summed E-state index contributed by atoms with van der Waals surface area (Å²) in [4.78, 5) is 12.2. The largest absolute Gasteiger partial charge is 0.359 e. The molecule has 5 heteroatoms. The first kappa shape index (κ1) is 16.1. The van der Waals surface area contributed by atoms with Crippen molar-refractivity contribution in [3.63, 3.8) is 0 Å². The second kappa shape index (κ2) is 6.88. The van der Waals surface area contributed by atoms with Crippen molar-refractivity contribution in [2.24, 2.45) is 0 Å². The van der Waals surface area contributed by atoms with Gasteiger partial charge in [-0.2, -0.15) is 4.98 Å². The van der Waals surface area contributed by atoms with E-state index in [1.54, 1.807) is 6.20 Å². The average molecular weight is 343 g/mol. The van der Waals surface area contributed by atoms with Gasteiger partial charge in [0.15, 0.2) is 0 Å². The number of hydrogen-bond donors (Lipinski definition) is 3. The van der Waals surface area contributed by atoms with Crippen molar-refractivity contribution >= 4 is 34.0 Å². The second-order valence-electron chi connectivity index (χ2n) is 6.32. The zero-order valence-electron chi connectivity index (χ0n) is 14.9. The van der Waals surface area contributed by atoms with Crippen LogP contribution in [0.3, 0.4) is 0 Å². The quantitative estimate of drug-likeness (QED) is 0.459. The lowest BCUT2D eigenvalue weighted by Crippen LogP contribution is -2.00.